The second-order valence-electron chi connectivity index (χ2n) is 7.04. The van der Waals surface area contributed by atoms with Crippen LogP contribution in [0.3, 0.4) is 0 Å². The quantitative estimate of drug-likeness (QED) is 0.745. The number of hydrogen-bond acceptors (Lipinski definition) is 3. The number of carbonyl (C=O) groups is 2. The molecule has 0 aliphatic carbocycles. The van der Waals surface area contributed by atoms with Crippen LogP contribution in [0.4, 0.5) is 4.39 Å². The van der Waals surface area contributed by atoms with Gasteiger partial charge in [-0.15, -0.1) is 0 Å². The summed E-state index contributed by atoms with van der Waals surface area (Å²) in [7, 11) is 0. The molecule has 29 heavy (non-hydrogen) atoms. The lowest BCUT2D eigenvalue weighted by Crippen LogP contribution is -2.36. The molecule has 2 amide bonds. The molecule has 0 bridgehead atoms. The second-order valence-corrected chi connectivity index (χ2v) is 7.04. The SMILES string of the molecule is Cc1cc(C(=O)N2CCNC(=O)CC2c2ccccc2)nn1-c1ccc(F)cc1. The molecule has 0 spiro atoms. The van der Waals surface area contributed by atoms with Crippen LogP contribution in [0.2, 0.25) is 0 Å². The molecule has 0 saturated carbocycles. The van der Waals surface area contributed by atoms with Gasteiger partial charge in [-0.1, -0.05) is 30.3 Å². The molecule has 6 nitrogen and oxygen atoms in total. The average Bonchev–Trinajstić information content (AvgIpc) is 3.01. The third-order valence-electron chi connectivity index (χ3n) is 5.05. The van der Waals surface area contributed by atoms with Crippen molar-refractivity contribution in [1.29, 1.82) is 0 Å². The summed E-state index contributed by atoms with van der Waals surface area (Å²) in [5.74, 6) is -0.649. The predicted octanol–water partition coefficient (Wildman–Crippen LogP) is 3.02. The summed E-state index contributed by atoms with van der Waals surface area (Å²) >= 11 is 0. The van der Waals surface area contributed by atoms with Crippen LogP contribution in [0, 0.1) is 12.7 Å². The molecule has 1 unspecified atom stereocenters. The lowest BCUT2D eigenvalue weighted by molar-refractivity contribution is -0.121. The molecule has 1 aliphatic heterocycles. The fraction of sp³-hybridized carbons (Fsp3) is 0.227. The van der Waals surface area contributed by atoms with Crippen molar-refractivity contribution >= 4 is 11.8 Å². The summed E-state index contributed by atoms with van der Waals surface area (Å²) in [4.78, 5) is 27.2. The number of carbonyl (C=O) groups excluding carboxylic acids is 2. The summed E-state index contributed by atoms with van der Waals surface area (Å²) in [6, 6.07) is 16.8. The molecule has 1 aliphatic rings. The summed E-state index contributed by atoms with van der Waals surface area (Å²) in [5, 5.41) is 7.29. The third-order valence-corrected chi connectivity index (χ3v) is 5.05. The molecule has 1 fully saturated rings. The summed E-state index contributed by atoms with van der Waals surface area (Å²) in [6.45, 7) is 2.63. The van der Waals surface area contributed by atoms with E-state index < -0.39 is 0 Å². The van der Waals surface area contributed by atoms with Crippen LogP contribution in [0.15, 0.2) is 60.7 Å². The first-order valence-electron chi connectivity index (χ1n) is 9.48. The Hall–Kier alpha value is -3.48. The minimum atomic E-state index is -0.359. The van der Waals surface area contributed by atoms with Crippen LogP contribution in [0.25, 0.3) is 5.69 Å². The molecule has 2 heterocycles. The highest BCUT2D eigenvalue weighted by molar-refractivity contribution is 5.93. The summed E-state index contributed by atoms with van der Waals surface area (Å²) in [6.07, 6.45) is 0.202. The van der Waals surface area contributed by atoms with Crippen molar-refractivity contribution in [1.82, 2.24) is 20.0 Å². The van der Waals surface area contributed by atoms with E-state index in [2.05, 4.69) is 10.4 Å². The Morgan fingerprint density at radius 1 is 1.14 bits per heavy atom. The normalized spacial score (nSPS) is 17.0. The van der Waals surface area contributed by atoms with Gasteiger partial charge in [-0.05, 0) is 42.8 Å². The first-order valence-corrected chi connectivity index (χ1v) is 9.48. The van der Waals surface area contributed by atoms with Gasteiger partial charge in [0, 0.05) is 18.8 Å². The number of amides is 2. The Bertz CT molecular complexity index is 1030. The Morgan fingerprint density at radius 2 is 1.86 bits per heavy atom. The smallest absolute Gasteiger partial charge is 0.274 e. The number of halogens is 1. The largest absolute Gasteiger partial charge is 0.354 e. The Labute approximate surface area is 167 Å². The molecular weight excluding hydrogens is 371 g/mol. The minimum Gasteiger partial charge on any atom is -0.354 e. The Kier molecular flexibility index (Phi) is 5.12. The minimum absolute atomic E-state index is 0.0813. The van der Waals surface area contributed by atoms with Gasteiger partial charge in [0.1, 0.15) is 5.82 Å². The molecule has 1 N–H and O–H groups in total. The molecular formula is C22H21FN4O2. The van der Waals surface area contributed by atoms with E-state index >= 15 is 0 Å². The van der Waals surface area contributed by atoms with Crippen LogP contribution in [-0.4, -0.2) is 39.6 Å². The number of nitrogens with zero attached hydrogens (tertiary/aromatic N) is 3. The van der Waals surface area contributed by atoms with Gasteiger partial charge in [0.2, 0.25) is 5.91 Å². The average molecular weight is 392 g/mol. The van der Waals surface area contributed by atoms with Crippen LogP contribution < -0.4 is 5.32 Å². The zero-order chi connectivity index (χ0) is 20.4. The number of aromatic nitrogens is 2. The van der Waals surface area contributed by atoms with E-state index in [1.165, 1.54) is 12.1 Å². The zero-order valence-corrected chi connectivity index (χ0v) is 16.0. The number of benzene rings is 2. The van der Waals surface area contributed by atoms with Gasteiger partial charge in [-0.25, -0.2) is 9.07 Å². The van der Waals surface area contributed by atoms with Gasteiger partial charge in [-0.2, -0.15) is 5.10 Å². The number of rotatable bonds is 3. The van der Waals surface area contributed by atoms with Crippen molar-refractivity contribution in [3.63, 3.8) is 0 Å². The van der Waals surface area contributed by atoms with Gasteiger partial charge in [0.15, 0.2) is 5.69 Å². The molecule has 1 saturated heterocycles. The molecule has 3 aromatic rings. The van der Waals surface area contributed by atoms with Crippen molar-refractivity contribution in [2.24, 2.45) is 0 Å². The van der Waals surface area contributed by atoms with Crippen LogP contribution in [-0.2, 0) is 4.79 Å². The number of nitrogens with one attached hydrogen (secondary N) is 1. The lowest BCUT2D eigenvalue weighted by Gasteiger charge is -2.29. The van der Waals surface area contributed by atoms with Gasteiger partial charge in [0.05, 0.1) is 18.2 Å². The third kappa shape index (κ3) is 3.89. The maximum absolute atomic E-state index is 13.3. The Morgan fingerprint density at radius 3 is 2.59 bits per heavy atom. The van der Waals surface area contributed by atoms with Gasteiger partial charge < -0.3 is 10.2 Å². The molecule has 2 aromatic carbocycles. The van der Waals surface area contributed by atoms with E-state index in [1.807, 2.05) is 37.3 Å². The highest BCUT2D eigenvalue weighted by atomic mass is 19.1. The topological polar surface area (TPSA) is 67.2 Å². The zero-order valence-electron chi connectivity index (χ0n) is 16.0. The monoisotopic (exact) mass is 392 g/mol. The fourth-order valence-electron chi connectivity index (χ4n) is 3.62. The van der Waals surface area contributed by atoms with Crippen LogP contribution in [0.5, 0.6) is 0 Å². The maximum atomic E-state index is 13.3. The van der Waals surface area contributed by atoms with Crippen molar-refractivity contribution < 1.29 is 14.0 Å². The van der Waals surface area contributed by atoms with Crippen molar-refractivity contribution in [2.45, 2.75) is 19.4 Å². The summed E-state index contributed by atoms with van der Waals surface area (Å²) < 4.78 is 14.8. The van der Waals surface area contributed by atoms with E-state index in [0.29, 0.717) is 24.5 Å². The highest BCUT2D eigenvalue weighted by Gasteiger charge is 2.31. The fourth-order valence-corrected chi connectivity index (χ4v) is 3.62. The first kappa shape index (κ1) is 18.9. The van der Waals surface area contributed by atoms with Gasteiger partial charge in [0.25, 0.3) is 5.91 Å². The van der Waals surface area contributed by atoms with Crippen molar-refractivity contribution in [2.75, 3.05) is 13.1 Å². The maximum Gasteiger partial charge on any atom is 0.274 e. The second kappa shape index (κ2) is 7.87. The van der Waals surface area contributed by atoms with E-state index in [0.717, 1.165) is 11.3 Å². The first-order chi connectivity index (χ1) is 14.0. The molecule has 148 valence electrons. The lowest BCUT2D eigenvalue weighted by atomic mass is 10.0. The van der Waals surface area contributed by atoms with E-state index in [4.69, 9.17) is 0 Å². The molecule has 7 heteroatoms. The van der Waals surface area contributed by atoms with E-state index in [-0.39, 0.29) is 30.1 Å². The highest BCUT2D eigenvalue weighted by Crippen LogP contribution is 2.27. The van der Waals surface area contributed by atoms with Gasteiger partial charge >= 0.3 is 0 Å². The molecule has 0 radical (unpaired) electrons. The van der Waals surface area contributed by atoms with Crippen LogP contribution in [0.1, 0.15) is 34.2 Å². The van der Waals surface area contributed by atoms with Gasteiger partial charge in [-0.3, -0.25) is 9.59 Å². The molecule has 1 atom stereocenters. The van der Waals surface area contributed by atoms with Crippen LogP contribution >= 0.6 is 0 Å². The standard InChI is InChI=1S/C22H21FN4O2/c1-15-13-19(25-27(15)18-9-7-17(23)8-10-18)22(29)26-12-11-24-21(28)14-20(26)16-5-3-2-4-6-16/h2-10,13,20H,11-12,14H2,1H3,(H,24,28). The van der Waals surface area contributed by atoms with E-state index in [9.17, 15) is 14.0 Å². The molecule has 4 rings (SSSR count). The molecule has 1 aromatic heterocycles. The van der Waals surface area contributed by atoms with Crippen molar-refractivity contribution in [3.8, 4) is 5.69 Å². The summed E-state index contributed by atoms with van der Waals surface area (Å²) in [5.41, 5.74) is 2.64. The van der Waals surface area contributed by atoms with Crippen molar-refractivity contribution in [3.05, 3.63) is 83.4 Å². The predicted molar refractivity (Wildman–Crippen MR) is 106 cm³/mol. The Balaban J connectivity index is 1.67. The number of aryl methyl sites for hydroxylation is 1. The van der Waals surface area contributed by atoms with E-state index in [1.54, 1.807) is 27.8 Å². The number of hydrogen-bond donors (Lipinski definition) is 1.